The molecule has 0 spiro atoms. The van der Waals surface area contributed by atoms with Gasteiger partial charge >= 0.3 is 18.3 Å². The number of ether oxygens (including phenoxy) is 2. The van der Waals surface area contributed by atoms with Gasteiger partial charge in [0.15, 0.2) is 18.6 Å². The Morgan fingerprint density at radius 2 is 1.62 bits per heavy atom. The van der Waals surface area contributed by atoms with E-state index in [9.17, 15) is 32.3 Å². The number of carbonyl (C=O) groups is 4. The Balaban J connectivity index is 1.10. The zero-order valence-corrected chi connectivity index (χ0v) is 31.7. The third kappa shape index (κ3) is 9.65. The van der Waals surface area contributed by atoms with Gasteiger partial charge in [0, 0.05) is 89.7 Å². The second-order valence-corrected chi connectivity index (χ2v) is 14.9. The van der Waals surface area contributed by atoms with Gasteiger partial charge in [-0.3, -0.25) is 19.4 Å². The highest BCUT2D eigenvalue weighted by Gasteiger charge is 2.39. The number of benzene rings is 2. The van der Waals surface area contributed by atoms with E-state index in [2.05, 4.69) is 10.2 Å². The van der Waals surface area contributed by atoms with Crippen LogP contribution in [0.1, 0.15) is 49.3 Å². The summed E-state index contributed by atoms with van der Waals surface area (Å²) in [5.74, 6) is -0.501. The smallest absolute Gasteiger partial charge is 0.418 e. The molecule has 4 aliphatic rings. The summed E-state index contributed by atoms with van der Waals surface area (Å²) < 4.78 is 53.0. The first-order chi connectivity index (χ1) is 26.4. The third-order valence-electron chi connectivity index (χ3n) is 11.2. The lowest BCUT2D eigenvalue weighted by Crippen LogP contribution is -2.57. The first-order valence-corrected chi connectivity index (χ1v) is 19.3. The summed E-state index contributed by atoms with van der Waals surface area (Å²) in [6, 6.07) is 9.65. The largest absolute Gasteiger partial charge is 0.436 e. The first-order valence-electron chi connectivity index (χ1n) is 19.0. The van der Waals surface area contributed by atoms with Crippen LogP contribution >= 0.6 is 11.6 Å². The average molecular weight is 792 g/mol. The number of carbonyl (C=O) groups excluding carboxylic acids is 4. The molecule has 3 N–H and O–H groups in total. The van der Waals surface area contributed by atoms with Gasteiger partial charge in [-0.1, -0.05) is 29.8 Å². The highest BCUT2D eigenvalue weighted by Crippen LogP contribution is 2.38. The monoisotopic (exact) mass is 791 g/mol. The van der Waals surface area contributed by atoms with E-state index in [4.69, 9.17) is 26.8 Å². The lowest BCUT2D eigenvalue weighted by Gasteiger charge is -2.44. The Kier molecular flexibility index (Phi) is 13.1. The van der Waals surface area contributed by atoms with E-state index in [1.165, 1.54) is 11.0 Å². The number of nitrogens with one attached hydrogen (secondary N) is 1. The summed E-state index contributed by atoms with van der Waals surface area (Å²) in [4.78, 5) is 61.6. The minimum Gasteiger partial charge on any atom is -0.436 e. The number of alkyl halides is 3. The quantitative estimate of drug-likeness (QED) is 0.259. The zero-order valence-electron chi connectivity index (χ0n) is 30.9. The van der Waals surface area contributed by atoms with Crippen molar-refractivity contribution >= 4 is 47.3 Å². The second-order valence-electron chi connectivity index (χ2n) is 14.5. The fraction of sp³-hybridized carbons (Fsp3) is 0.579. The summed E-state index contributed by atoms with van der Waals surface area (Å²) in [5, 5.41) is 2.67. The number of amides is 4. The Bertz CT molecular complexity index is 1690. The molecule has 0 aliphatic carbocycles. The van der Waals surface area contributed by atoms with Crippen LogP contribution in [0.25, 0.3) is 0 Å². The number of nitrogen functional groups attached to an aromatic ring is 1. The highest BCUT2D eigenvalue weighted by molar-refractivity contribution is 6.33. The molecule has 55 heavy (non-hydrogen) atoms. The summed E-state index contributed by atoms with van der Waals surface area (Å²) in [6.07, 6.45) is -4.07. The molecule has 2 aromatic rings. The fourth-order valence-electron chi connectivity index (χ4n) is 8.13. The van der Waals surface area contributed by atoms with Gasteiger partial charge in [-0.25, -0.2) is 9.59 Å². The number of anilines is 2. The molecule has 0 aromatic heterocycles. The molecular formula is C38H49ClF3N7O6. The zero-order chi connectivity index (χ0) is 39.3. The van der Waals surface area contributed by atoms with Crippen molar-refractivity contribution in [3.63, 3.8) is 0 Å². The van der Waals surface area contributed by atoms with Crippen LogP contribution in [0, 0.1) is 0 Å². The Morgan fingerprint density at radius 1 is 0.964 bits per heavy atom. The molecule has 4 aliphatic heterocycles. The van der Waals surface area contributed by atoms with E-state index in [0.717, 1.165) is 36.7 Å². The molecular weight excluding hydrogens is 743 g/mol. The molecule has 6 rings (SSSR count). The summed E-state index contributed by atoms with van der Waals surface area (Å²) >= 11 is 6.13. The van der Waals surface area contributed by atoms with Crippen molar-refractivity contribution < 1.29 is 41.8 Å². The Labute approximate surface area is 323 Å². The van der Waals surface area contributed by atoms with Gasteiger partial charge in [0.1, 0.15) is 0 Å². The Hall–Kier alpha value is -4.12. The minimum absolute atomic E-state index is 0.0537. The molecule has 4 heterocycles. The van der Waals surface area contributed by atoms with Crippen LogP contribution in [0.2, 0.25) is 5.02 Å². The van der Waals surface area contributed by atoms with Crippen LogP contribution in [-0.4, -0.2) is 139 Å². The van der Waals surface area contributed by atoms with E-state index in [1.807, 2.05) is 36.1 Å². The van der Waals surface area contributed by atoms with Crippen LogP contribution in [0.5, 0.6) is 0 Å². The number of aldehydes is 1. The number of para-hydroxylation sites is 1. The van der Waals surface area contributed by atoms with Crippen LogP contribution in [0.15, 0.2) is 36.4 Å². The van der Waals surface area contributed by atoms with E-state index in [0.29, 0.717) is 71.4 Å². The summed E-state index contributed by atoms with van der Waals surface area (Å²) in [5.41, 5.74) is 5.81. The van der Waals surface area contributed by atoms with Gasteiger partial charge < -0.3 is 35.2 Å². The van der Waals surface area contributed by atoms with Crippen molar-refractivity contribution in [3.8, 4) is 0 Å². The molecule has 2 atom stereocenters. The maximum Gasteiger partial charge on any atom is 0.418 e. The van der Waals surface area contributed by atoms with Gasteiger partial charge in [-0.15, -0.1) is 0 Å². The van der Waals surface area contributed by atoms with Gasteiger partial charge in [-0.05, 0) is 68.4 Å². The average Bonchev–Trinajstić information content (AvgIpc) is 3.35. The fourth-order valence-corrected chi connectivity index (χ4v) is 8.37. The molecule has 4 amide bonds. The maximum absolute atomic E-state index is 14.1. The summed E-state index contributed by atoms with van der Waals surface area (Å²) in [6.45, 7) is 6.91. The number of nitrogens with zero attached hydrogens (tertiary/aromatic N) is 5. The number of hydrogen-bond donors (Lipinski definition) is 2. The van der Waals surface area contributed by atoms with Crippen molar-refractivity contribution in [2.75, 3.05) is 76.6 Å². The number of rotatable bonds is 10. The Morgan fingerprint density at radius 3 is 2.27 bits per heavy atom. The standard InChI is InChI=1S/C38H49ClF3N7O6/c1-2-54-33(24-50)46-19-17-45(18-20-46)27-8-12-47(13-9-27)35(51)32(23-25-21-29(38(40,41)42)34(43)30(39)22-25)55-37(53)48-14-10-28(11-15-48)49-16-7-26-5-3-4-6-31(26)44-36(49)52/h3-6,21-22,24,27-28,32-33H,2,7-20,23,43H2,1H3,(H,44,52)/t32-,33?/m1/s1. The number of piperazine rings is 1. The van der Waals surface area contributed by atoms with Crippen molar-refractivity contribution in [2.24, 2.45) is 0 Å². The number of hydrogen-bond acceptors (Lipinski definition) is 9. The predicted molar refractivity (Wildman–Crippen MR) is 200 cm³/mol. The molecule has 0 radical (unpaired) electrons. The molecule has 13 nitrogen and oxygen atoms in total. The van der Waals surface area contributed by atoms with Crippen molar-refractivity contribution in [2.45, 2.75) is 76.0 Å². The number of fused-ring (bicyclic) bond motifs is 1. The van der Waals surface area contributed by atoms with Gasteiger partial charge in [0.25, 0.3) is 5.91 Å². The van der Waals surface area contributed by atoms with Gasteiger partial charge in [-0.2, -0.15) is 13.2 Å². The van der Waals surface area contributed by atoms with Crippen molar-refractivity contribution in [3.05, 3.63) is 58.1 Å². The van der Waals surface area contributed by atoms with Crippen LogP contribution in [-0.2, 0) is 38.1 Å². The number of likely N-dealkylation sites (tertiary alicyclic amines) is 2. The van der Waals surface area contributed by atoms with E-state index >= 15 is 0 Å². The second kappa shape index (κ2) is 17.8. The lowest BCUT2D eigenvalue weighted by molar-refractivity contribution is -0.143. The van der Waals surface area contributed by atoms with Gasteiger partial charge in [0.05, 0.1) is 16.3 Å². The van der Waals surface area contributed by atoms with Crippen LogP contribution < -0.4 is 11.1 Å². The molecule has 300 valence electrons. The van der Waals surface area contributed by atoms with Crippen molar-refractivity contribution in [1.29, 1.82) is 0 Å². The normalized spacial score (nSPS) is 20.7. The minimum atomic E-state index is -4.79. The van der Waals surface area contributed by atoms with E-state index in [-0.39, 0.29) is 48.2 Å². The van der Waals surface area contributed by atoms with Gasteiger partial charge in [0.2, 0.25) is 0 Å². The SMILES string of the molecule is CCOC(C=O)N1CCN(C2CCN(C(=O)[C@@H](Cc3cc(Cl)c(N)c(C(F)(F)F)c3)OC(=O)N3CCC(N4CCc5ccccc5NC4=O)CC3)CC2)CC1. The highest BCUT2D eigenvalue weighted by atomic mass is 35.5. The predicted octanol–water partition coefficient (Wildman–Crippen LogP) is 4.71. The van der Waals surface area contributed by atoms with Crippen molar-refractivity contribution in [1.82, 2.24) is 24.5 Å². The molecule has 1 unspecified atom stereocenters. The number of halogens is 4. The summed E-state index contributed by atoms with van der Waals surface area (Å²) in [7, 11) is 0. The molecule has 2 aromatic carbocycles. The molecule has 0 bridgehead atoms. The number of piperidine rings is 2. The number of urea groups is 1. The molecule has 3 saturated heterocycles. The van der Waals surface area contributed by atoms with Crippen LogP contribution in [0.4, 0.5) is 34.1 Å². The molecule has 17 heteroatoms. The first kappa shape index (κ1) is 40.5. The lowest BCUT2D eigenvalue weighted by atomic mass is 9.99. The van der Waals surface area contributed by atoms with Crippen LogP contribution in [0.3, 0.4) is 0 Å². The third-order valence-corrected chi connectivity index (χ3v) is 11.5. The van der Waals surface area contributed by atoms with E-state index in [1.54, 1.807) is 9.80 Å². The topological polar surface area (TPSA) is 141 Å². The van der Waals surface area contributed by atoms with E-state index < -0.39 is 41.8 Å². The maximum atomic E-state index is 14.1. The molecule has 3 fully saturated rings. The molecule has 0 saturated carbocycles. The number of nitrogens with two attached hydrogens (primary N) is 1.